The van der Waals surface area contributed by atoms with E-state index in [4.69, 9.17) is 4.74 Å². The van der Waals surface area contributed by atoms with E-state index in [1.807, 2.05) is 18.2 Å². The van der Waals surface area contributed by atoms with Crippen LogP contribution in [0.2, 0.25) is 0 Å². The van der Waals surface area contributed by atoms with Crippen LogP contribution in [0.15, 0.2) is 45.3 Å². The lowest BCUT2D eigenvalue weighted by Crippen LogP contribution is -2.19. The molecule has 0 saturated heterocycles. The van der Waals surface area contributed by atoms with Gasteiger partial charge in [0.25, 0.3) is 5.56 Å². The number of nitrogens with zero attached hydrogens (tertiary/aromatic N) is 1. The summed E-state index contributed by atoms with van der Waals surface area (Å²) in [6.07, 6.45) is 1.51. The number of methoxy groups -OCH3 is 1. The molecule has 0 radical (unpaired) electrons. The summed E-state index contributed by atoms with van der Waals surface area (Å²) >= 11 is 1.43. The average Bonchev–Trinajstić information content (AvgIpc) is 2.47. The quantitative estimate of drug-likeness (QED) is 0.803. The van der Waals surface area contributed by atoms with Crippen LogP contribution in [0.4, 0.5) is 0 Å². The van der Waals surface area contributed by atoms with Gasteiger partial charge < -0.3 is 15.0 Å². The Morgan fingerprint density at radius 2 is 2.24 bits per heavy atom. The van der Waals surface area contributed by atoms with E-state index in [1.165, 1.54) is 24.0 Å². The number of nitrogens with one attached hydrogen (secondary N) is 2. The predicted octanol–water partition coefficient (Wildman–Crippen LogP) is 2.60. The summed E-state index contributed by atoms with van der Waals surface area (Å²) in [6, 6.07) is 7.42. The van der Waals surface area contributed by atoms with E-state index in [2.05, 4.69) is 29.1 Å². The lowest BCUT2D eigenvalue weighted by molar-refractivity contribution is 0.400. The van der Waals surface area contributed by atoms with Crippen molar-refractivity contribution in [2.45, 2.75) is 29.9 Å². The molecule has 1 aromatic carbocycles. The van der Waals surface area contributed by atoms with Crippen molar-refractivity contribution < 1.29 is 4.74 Å². The van der Waals surface area contributed by atoms with Gasteiger partial charge in [-0.1, -0.05) is 24.8 Å². The predicted molar refractivity (Wildman–Crippen MR) is 84.1 cm³/mol. The second kappa shape index (κ2) is 7.28. The van der Waals surface area contributed by atoms with E-state index in [1.54, 1.807) is 7.11 Å². The first-order valence-corrected chi connectivity index (χ1v) is 7.60. The summed E-state index contributed by atoms with van der Waals surface area (Å²) in [5, 5.41) is 3.96. The smallest absolute Gasteiger partial charge is 0.251 e. The molecular weight excluding hydrogens is 286 g/mol. The number of hydrogen-bond acceptors (Lipinski definition) is 5. The molecule has 0 aliphatic rings. The second-order valence-electron chi connectivity index (χ2n) is 4.49. The maximum Gasteiger partial charge on any atom is 0.251 e. The van der Waals surface area contributed by atoms with E-state index >= 15 is 0 Å². The maximum atomic E-state index is 11.4. The van der Waals surface area contributed by atoms with E-state index in [9.17, 15) is 4.79 Å². The third-order valence-corrected chi connectivity index (χ3v) is 4.02. The van der Waals surface area contributed by atoms with Crippen LogP contribution in [0, 0.1) is 0 Å². The van der Waals surface area contributed by atoms with Gasteiger partial charge in [0.05, 0.1) is 7.11 Å². The molecule has 6 heteroatoms. The number of ether oxygens (including phenoxy) is 1. The highest BCUT2D eigenvalue weighted by atomic mass is 32.2. The highest BCUT2D eigenvalue weighted by Gasteiger charge is 2.16. The largest absolute Gasteiger partial charge is 0.496 e. The molecule has 2 N–H and O–H groups in total. The zero-order valence-corrected chi connectivity index (χ0v) is 13.2. The number of aromatic nitrogens is 2. The number of benzene rings is 1. The fourth-order valence-corrected chi connectivity index (χ4v) is 3.14. The van der Waals surface area contributed by atoms with Crippen LogP contribution in [-0.4, -0.2) is 23.6 Å². The van der Waals surface area contributed by atoms with Gasteiger partial charge in [0.15, 0.2) is 5.16 Å². The molecule has 21 heavy (non-hydrogen) atoms. The molecule has 2 rings (SSSR count). The first kappa shape index (κ1) is 15.6. The normalized spacial score (nSPS) is 12.1. The third-order valence-electron chi connectivity index (χ3n) is 3.04. The van der Waals surface area contributed by atoms with Gasteiger partial charge in [-0.25, -0.2) is 4.98 Å². The van der Waals surface area contributed by atoms with Crippen LogP contribution in [-0.2, 0) is 0 Å². The van der Waals surface area contributed by atoms with Gasteiger partial charge in [-0.2, -0.15) is 0 Å². The van der Waals surface area contributed by atoms with Gasteiger partial charge in [0, 0.05) is 28.8 Å². The summed E-state index contributed by atoms with van der Waals surface area (Å²) in [5.74, 6) is 0.826. The highest BCUT2D eigenvalue weighted by molar-refractivity contribution is 7.99. The van der Waals surface area contributed by atoms with Crippen molar-refractivity contribution in [2.75, 3.05) is 13.7 Å². The number of rotatable bonds is 6. The summed E-state index contributed by atoms with van der Waals surface area (Å²) in [6.45, 7) is 5.02. The van der Waals surface area contributed by atoms with Gasteiger partial charge >= 0.3 is 0 Å². The Morgan fingerprint density at radius 3 is 2.90 bits per heavy atom. The molecule has 1 aromatic heterocycles. The molecule has 0 amide bonds. The third kappa shape index (κ3) is 3.86. The first-order chi connectivity index (χ1) is 10.2. The monoisotopic (exact) mass is 305 g/mol. The van der Waals surface area contributed by atoms with Crippen LogP contribution >= 0.6 is 11.8 Å². The van der Waals surface area contributed by atoms with Crippen molar-refractivity contribution in [2.24, 2.45) is 0 Å². The Bertz CT molecular complexity index is 657. The molecule has 1 unspecified atom stereocenters. The average molecular weight is 305 g/mol. The molecule has 0 spiro atoms. The molecule has 0 aliphatic heterocycles. The fourth-order valence-electron chi connectivity index (χ4n) is 2.13. The zero-order valence-electron chi connectivity index (χ0n) is 12.3. The minimum absolute atomic E-state index is 0.143. The summed E-state index contributed by atoms with van der Waals surface area (Å²) in [5.41, 5.74) is 0.912. The lowest BCUT2D eigenvalue weighted by Gasteiger charge is -2.19. The van der Waals surface area contributed by atoms with E-state index in [0.717, 1.165) is 22.8 Å². The van der Waals surface area contributed by atoms with Crippen molar-refractivity contribution in [1.29, 1.82) is 0 Å². The molecule has 5 nitrogen and oxygen atoms in total. The Kier molecular flexibility index (Phi) is 5.41. The van der Waals surface area contributed by atoms with Gasteiger partial charge in [-0.15, -0.1) is 0 Å². The first-order valence-electron chi connectivity index (χ1n) is 6.79. The Labute approximate surface area is 128 Å². The van der Waals surface area contributed by atoms with Crippen LogP contribution in [0.1, 0.15) is 25.5 Å². The van der Waals surface area contributed by atoms with Crippen molar-refractivity contribution in [3.05, 3.63) is 46.4 Å². The molecular formula is C15H19N3O2S. The Morgan fingerprint density at radius 1 is 1.43 bits per heavy atom. The van der Waals surface area contributed by atoms with E-state index < -0.39 is 0 Å². The molecule has 0 fully saturated rings. The van der Waals surface area contributed by atoms with E-state index in [0.29, 0.717) is 5.16 Å². The van der Waals surface area contributed by atoms with Crippen LogP contribution in [0.25, 0.3) is 0 Å². The van der Waals surface area contributed by atoms with Crippen LogP contribution in [0.3, 0.4) is 0 Å². The molecule has 1 atom stereocenters. The van der Waals surface area contributed by atoms with Crippen LogP contribution < -0.4 is 15.6 Å². The minimum Gasteiger partial charge on any atom is -0.496 e. The Balaban J connectivity index is 2.40. The summed E-state index contributed by atoms with van der Waals surface area (Å²) in [7, 11) is 1.66. The molecule has 2 aromatic rings. The minimum atomic E-state index is -0.156. The van der Waals surface area contributed by atoms with Crippen molar-refractivity contribution in [3.63, 3.8) is 0 Å². The Hall–Kier alpha value is -1.79. The number of aromatic amines is 1. The molecule has 0 bridgehead atoms. The highest BCUT2D eigenvalue weighted by Crippen LogP contribution is 2.36. The molecule has 1 heterocycles. The lowest BCUT2D eigenvalue weighted by atomic mass is 10.1. The standard InChI is InChI=1S/C15H19N3O2S/c1-4-16-10(2)14-11(20-3)6-5-7-12(14)21-15-17-9-8-13(19)18-15/h5-10,16H,4H2,1-3H3,(H,17,18,19). The van der Waals surface area contributed by atoms with Crippen molar-refractivity contribution in [3.8, 4) is 5.75 Å². The maximum absolute atomic E-state index is 11.4. The second-order valence-corrected chi connectivity index (χ2v) is 5.52. The van der Waals surface area contributed by atoms with Gasteiger partial charge in [0.2, 0.25) is 0 Å². The SMILES string of the molecule is CCNC(C)c1c(OC)cccc1Sc1nccc(=O)[nH]1. The van der Waals surface area contributed by atoms with Crippen LogP contribution in [0.5, 0.6) is 5.75 Å². The zero-order chi connectivity index (χ0) is 15.2. The topological polar surface area (TPSA) is 67.0 Å². The summed E-state index contributed by atoms with van der Waals surface area (Å²) in [4.78, 5) is 19.3. The number of H-pyrrole nitrogens is 1. The molecule has 0 aliphatic carbocycles. The van der Waals surface area contributed by atoms with Gasteiger partial charge in [-0.05, 0) is 25.6 Å². The van der Waals surface area contributed by atoms with Gasteiger partial charge in [-0.3, -0.25) is 4.79 Å². The molecule has 112 valence electrons. The van der Waals surface area contributed by atoms with Crippen molar-refractivity contribution >= 4 is 11.8 Å². The van der Waals surface area contributed by atoms with E-state index in [-0.39, 0.29) is 11.6 Å². The number of hydrogen-bond donors (Lipinski definition) is 2. The van der Waals surface area contributed by atoms with Crippen molar-refractivity contribution in [1.82, 2.24) is 15.3 Å². The van der Waals surface area contributed by atoms with Gasteiger partial charge in [0.1, 0.15) is 5.75 Å². The molecule has 0 saturated carbocycles. The fraction of sp³-hybridized carbons (Fsp3) is 0.333. The summed E-state index contributed by atoms with van der Waals surface area (Å²) < 4.78 is 5.47.